The number of pyridine rings is 1. The number of alkyl halides is 2. The molecule has 1 saturated heterocycles. The first-order valence-electron chi connectivity index (χ1n) is 11.1. The number of aromatic nitrogens is 1. The van der Waals surface area contributed by atoms with Crippen LogP contribution in [0, 0.1) is 28.4 Å². The van der Waals surface area contributed by atoms with Crippen LogP contribution in [0.2, 0.25) is 0 Å². The third-order valence-electron chi connectivity index (χ3n) is 5.63. The average molecular weight is 507 g/mol. The van der Waals surface area contributed by atoms with Crippen LogP contribution in [0.3, 0.4) is 0 Å². The Kier molecular flexibility index (Phi) is 8.92. The zero-order chi connectivity index (χ0) is 26.4. The van der Waals surface area contributed by atoms with E-state index in [9.17, 15) is 22.4 Å². The van der Waals surface area contributed by atoms with Crippen molar-refractivity contribution in [3.05, 3.63) is 71.1 Å². The SMILES string of the molecule is C=C(CC1COCCC1Oc1ccc(F)c(F)c1)C(=O)c1cc(C(=N)OC(=N)C(F)F)cnc1CC. The molecular formula is C25H25F4N3O4. The van der Waals surface area contributed by atoms with Crippen LogP contribution in [0.4, 0.5) is 17.6 Å². The molecule has 36 heavy (non-hydrogen) atoms. The fourth-order valence-corrected chi connectivity index (χ4v) is 3.76. The molecule has 0 bridgehead atoms. The summed E-state index contributed by atoms with van der Waals surface area (Å²) in [6.07, 6.45) is -1.40. The zero-order valence-electron chi connectivity index (χ0n) is 19.5. The number of aryl methyl sites for hydroxylation is 1. The fourth-order valence-electron chi connectivity index (χ4n) is 3.76. The van der Waals surface area contributed by atoms with Crippen LogP contribution in [0.5, 0.6) is 5.75 Å². The third kappa shape index (κ3) is 6.54. The smallest absolute Gasteiger partial charge is 0.312 e. The molecule has 0 saturated carbocycles. The molecule has 192 valence electrons. The molecule has 1 fully saturated rings. The van der Waals surface area contributed by atoms with E-state index in [4.69, 9.17) is 20.3 Å². The van der Waals surface area contributed by atoms with Gasteiger partial charge in [-0.3, -0.25) is 20.6 Å². The Balaban J connectivity index is 1.75. The number of nitrogens with one attached hydrogen (secondary N) is 2. The molecule has 0 radical (unpaired) electrons. The van der Waals surface area contributed by atoms with Crippen LogP contribution in [0.15, 0.2) is 42.6 Å². The van der Waals surface area contributed by atoms with Crippen molar-refractivity contribution >= 4 is 17.6 Å². The maximum absolute atomic E-state index is 13.6. The Bertz CT molecular complexity index is 1170. The topological polar surface area (TPSA) is 105 Å². The van der Waals surface area contributed by atoms with E-state index in [1.807, 2.05) is 0 Å². The maximum Gasteiger partial charge on any atom is 0.312 e. The van der Waals surface area contributed by atoms with Crippen LogP contribution >= 0.6 is 0 Å². The van der Waals surface area contributed by atoms with Gasteiger partial charge in [-0.25, -0.2) is 8.78 Å². The number of halogens is 4. The minimum absolute atomic E-state index is 0.0469. The van der Waals surface area contributed by atoms with E-state index in [1.165, 1.54) is 18.3 Å². The predicted molar refractivity (Wildman–Crippen MR) is 123 cm³/mol. The average Bonchev–Trinajstić information content (AvgIpc) is 2.86. The second kappa shape index (κ2) is 11.9. The highest BCUT2D eigenvalue weighted by atomic mass is 19.3. The predicted octanol–water partition coefficient (Wildman–Crippen LogP) is 5.12. The Labute approximate surface area is 205 Å². The van der Waals surface area contributed by atoms with E-state index in [2.05, 4.69) is 16.3 Å². The molecule has 7 nitrogen and oxygen atoms in total. The summed E-state index contributed by atoms with van der Waals surface area (Å²) in [4.78, 5) is 17.4. The van der Waals surface area contributed by atoms with Crippen LogP contribution in [-0.4, -0.2) is 48.3 Å². The van der Waals surface area contributed by atoms with Gasteiger partial charge in [0, 0.05) is 30.2 Å². The number of benzene rings is 1. The highest BCUT2D eigenvalue weighted by Gasteiger charge is 2.30. The van der Waals surface area contributed by atoms with Crippen molar-refractivity contribution in [3.63, 3.8) is 0 Å². The van der Waals surface area contributed by atoms with Gasteiger partial charge in [-0.15, -0.1) is 0 Å². The third-order valence-corrected chi connectivity index (χ3v) is 5.63. The minimum atomic E-state index is -3.19. The van der Waals surface area contributed by atoms with Crippen molar-refractivity contribution in [2.75, 3.05) is 13.2 Å². The van der Waals surface area contributed by atoms with Gasteiger partial charge in [-0.2, -0.15) is 8.78 Å². The molecule has 1 aliphatic rings. The van der Waals surface area contributed by atoms with Gasteiger partial charge >= 0.3 is 6.43 Å². The van der Waals surface area contributed by atoms with E-state index in [0.29, 0.717) is 25.1 Å². The molecule has 3 rings (SSSR count). The van der Waals surface area contributed by atoms with Gasteiger partial charge in [0.05, 0.1) is 24.5 Å². The molecule has 2 heterocycles. The fraction of sp³-hybridized carbons (Fsp3) is 0.360. The lowest BCUT2D eigenvalue weighted by molar-refractivity contribution is -0.0232. The monoisotopic (exact) mass is 507 g/mol. The quantitative estimate of drug-likeness (QED) is 0.161. The summed E-state index contributed by atoms with van der Waals surface area (Å²) >= 11 is 0. The van der Waals surface area contributed by atoms with Crippen LogP contribution in [0.25, 0.3) is 0 Å². The number of nitrogens with zero attached hydrogens (tertiary/aromatic N) is 1. The number of ether oxygens (including phenoxy) is 3. The second-order valence-electron chi connectivity index (χ2n) is 8.16. The molecule has 1 aliphatic heterocycles. The van der Waals surface area contributed by atoms with E-state index >= 15 is 0 Å². The van der Waals surface area contributed by atoms with Crippen molar-refractivity contribution in [2.24, 2.45) is 5.92 Å². The normalized spacial score (nSPS) is 17.5. The lowest BCUT2D eigenvalue weighted by Crippen LogP contribution is -2.37. The largest absolute Gasteiger partial charge is 0.490 e. The van der Waals surface area contributed by atoms with Crippen molar-refractivity contribution in [1.82, 2.24) is 4.98 Å². The highest BCUT2D eigenvalue weighted by molar-refractivity contribution is 6.10. The first-order valence-corrected chi connectivity index (χ1v) is 11.1. The van der Waals surface area contributed by atoms with Gasteiger partial charge < -0.3 is 14.2 Å². The highest BCUT2D eigenvalue weighted by Crippen LogP contribution is 2.29. The van der Waals surface area contributed by atoms with Gasteiger partial charge in [-0.1, -0.05) is 13.5 Å². The van der Waals surface area contributed by atoms with Crippen molar-refractivity contribution < 1.29 is 36.6 Å². The summed E-state index contributed by atoms with van der Waals surface area (Å²) < 4.78 is 67.9. The number of hydrogen-bond donors (Lipinski definition) is 2. The van der Waals surface area contributed by atoms with E-state index in [0.717, 1.165) is 12.1 Å². The molecule has 0 spiro atoms. The van der Waals surface area contributed by atoms with Crippen LogP contribution in [0.1, 0.15) is 41.4 Å². The summed E-state index contributed by atoms with van der Waals surface area (Å²) in [5.41, 5.74) is 0.697. The van der Waals surface area contributed by atoms with Gasteiger partial charge in [0.1, 0.15) is 11.9 Å². The number of carbonyl (C=O) groups is 1. The van der Waals surface area contributed by atoms with Gasteiger partial charge in [-0.05, 0) is 36.6 Å². The minimum Gasteiger partial charge on any atom is -0.490 e. The number of allylic oxidation sites excluding steroid dienone is 1. The van der Waals surface area contributed by atoms with Gasteiger partial charge in [0.25, 0.3) is 5.90 Å². The Hall–Kier alpha value is -3.60. The number of Topliss-reactive ketones (excluding diaryl/α,β-unsaturated/α-hetero) is 1. The lowest BCUT2D eigenvalue weighted by atomic mass is 9.88. The summed E-state index contributed by atoms with van der Waals surface area (Å²) in [5.74, 6) is -4.77. The Morgan fingerprint density at radius 2 is 2.00 bits per heavy atom. The van der Waals surface area contributed by atoms with Crippen molar-refractivity contribution in [1.29, 1.82) is 10.8 Å². The second-order valence-corrected chi connectivity index (χ2v) is 8.16. The van der Waals surface area contributed by atoms with Crippen molar-refractivity contribution in [3.8, 4) is 5.75 Å². The first kappa shape index (κ1) is 27.0. The molecule has 0 amide bonds. The van der Waals surface area contributed by atoms with E-state index in [1.54, 1.807) is 6.92 Å². The lowest BCUT2D eigenvalue weighted by Gasteiger charge is -2.32. The molecule has 2 atom stereocenters. The Morgan fingerprint density at radius 3 is 2.67 bits per heavy atom. The van der Waals surface area contributed by atoms with Gasteiger partial charge in [0.2, 0.25) is 5.90 Å². The van der Waals surface area contributed by atoms with E-state index in [-0.39, 0.29) is 41.4 Å². The summed E-state index contributed by atoms with van der Waals surface area (Å²) in [7, 11) is 0. The van der Waals surface area contributed by atoms with Crippen LogP contribution in [-0.2, 0) is 15.9 Å². The molecule has 0 aliphatic carbocycles. The van der Waals surface area contributed by atoms with E-state index < -0.39 is 41.7 Å². The van der Waals surface area contributed by atoms with Crippen molar-refractivity contribution in [2.45, 2.75) is 38.7 Å². The molecule has 2 unspecified atom stereocenters. The number of ketones is 1. The summed E-state index contributed by atoms with van der Waals surface area (Å²) in [6, 6.07) is 4.54. The number of carbonyl (C=O) groups excluding carboxylic acids is 1. The first-order chi connectivity index (χ1) is 17.1. The molecular weight excluding hydrogens is 482 g/mol. The number of hydrogen-bond acceptors (Lipinski definition) is 7. The summed E-state index contributed by atoms with van der Waals surface area (Å²) in [6.45, 7) is 6.33. The molecule has 11 heteroatoms. The molecule has 1 aromatic heterocycles. The molecule has 2 aromatic rings. The number of rotatable bonds is 9. The molecule has 1 aromatic carbocycles. The van der Waals surface area contributed by atoms with Crippen LogP contribution < -0.4 is 4.74 Å². The zero-order valence-corrected chi connectivity index (χ0v) is 19.5. The maximum atomic E-state index is 13.6. The molecule has 2 N–H and O–H groups in total. The van der Waals surface area contributed by atoms with Gasteiger partial charge in [0.15, 0.2) is 17.4 Å². The summed E-state index contributed by atoms with van der Waals surface area (Å²) in [5, 5.41) is 14.9. The standard InChI is InChI=1S/C25H25F4N3O4/c1-3-20-17(9-14(11-32-20)24(30)36-25(31)23(28)29)22(33)13(2)8-15-12-34-7-6-21(15)35-16-4-5-18(26)19(27)10-16/h4-5,9-11,15,21,23,30-31H,2-3,6-8,12H2,1H3. The Morgan fingerprint density at radius 1 is 1.25 bits per heavy atom.